The Balaban J connectivity index is 2.56. The maximum absolute atomic E-state index is 11.7. The second kappa shape index (κ2) is 7.48. The molecule has 0 aliphatic rings. The van der Waals surface area contributed by atoms with Crippen LogP contribution in [0.2, 0.25) is 0 Å². The van der Waals surface area contributed by atoms with Gasteiger partial charge in [-0.15, -0.1) is 0 Å². The molecule has 0 radical (unpaired) electrons. The molecule has 1 atom stereocenters. The zero-order valence-electron chi connectivity index (χ0n) is 10.7. The molecule has 0 aliphatic heterocycles. The molecule has 0 aromatic carbocycles. The summed E-state index contributed by atoms with van der Waals surface area (Å²) in [6.07, 6.45) is 3.43. The highest BCUT2D eigenvalue weighted by atomic mass is 32.2. The number of nitrogens with zero attached hydrogens (tertiary/aromatic N) is 3. The number of hydrogen-bond acceptors (Lipinski definition) is 6. The molecule has 2 N–H and O–H groups in total. The molecule has 0 bridgehead atoms. The first-order valence-corrected chi connectivity index (χ1v) is 7.02. The van der Waals surface area contributed by atoms with Crippen molar-refractivity contribution in [3.8, 4) is 0 Å². The summed E-state index contributed by atoms with van der Waals surface area (Å²) in [4.78, 5) is 32.4. The minimum atomic E-state index is -1.11. The SMILES string of the molecule is CSCC[C@H](NC(=O)Cn1ccc([N+](=O)[O-])n1)C(=O)O. The van der Waals surface area contributed by atoms with Gasteiger partial charge >= 0.3 is 11.8 Å². The number of rotatable bonds is 8. The van der Waals surface area contributed by atoms with Crippen LogP contribution in [-0.4, -0.2) is 49.7 Å². The Labute approximate surface area is 118 Å². The summed E-state index contributed by atoms with van der Waals surface area (Å²) in [5, 5.41) is 25.3. The van der Waals surface area contributed by atoms with Crippen molar-refractivity contribution < 1.29 is 19.6 Å². The molecule has 0 saturated heterocycles. The average Bonchev–Trinajstić information content (AvgIpc) is 2.82. The van der Waals surface area contributed by atoms with Gasteiger partial charge < -0.3 is 20.5 Å². The number of aliphatic carboxylic acids is 1. The maximum Gasteiger partial charge on any atom is 0.389 e. The topological polar surface area (TPSA) is 127 Å². The maximum atomic E-state index is 11.7. The summed E-state index contributed by atoms with van der Waals surface area (Å²) >= 11 is 1.48. The minimum Gasteiger partial charge on any atom is -0.480 e. The first-order chi connectivity index (χ1) is 9.43. The summed E-state index contributed by atoms with van der Waals surface area (Å²) in [6, 6.07) is 0.191. The van der Waals surface area contributed by atoms with Crippen LogP contribution in [0.5, 0.6) is 0 Å². The molecule has 1 aromatic rings. The predicted octanol–water partition coefficient (Wildman–Crippen LogP) is 0.114. The number of hydrogen-bond donors (Lipinski definition) is 2. The smallest absolute Gasteiger partial charge is 0.389 e. The number of carbonyl (C=O) groups excluding carboxylic acids is 1. The van der Waals surface area contributed by atoms with Crippen molar-refractivity contribution >= 4 is 29.5 Å². The largest absolute Gasteiger partial charge is 0.480 e. The van der Waals surface area contributed by atoms with E-state index in [1.807, 2.05) is 6.26 Å². The van der Waals surface area contributed by atoms with Gasteiger partial charge in [-0.25, -0.2) is 4.79 Å². The third-order valence-corrected chi connectivity index (χ3v) is 3.01. The van der Waals surface area contributed by atoms with Crippen molar-refractivity contribution in [1.29, 1.82) is 0 Å². The first kappa shape index (κ1) is 16.0. The van der Waals surface area contributed by atoms with E-state index in [0.29, 0.717) is 12.2 Å². The lowest BCUT2D eigenvalue weighted by molar-refractivity contribution is -0.389. The van der Waals surface area contributed by atoms with Crippen LogP contribution in [0.4, 0.5) is 5.82 Å². The van der Waals surface area contributed by atoms with Gasteiger partial charge in [-0.2, -0.15) is 16.4 Å². The molecule has 1 aromatic heterocycles. The van der Waals surface area contributed by atoms with Crippen molar-refractivity contribution in [3.05, 3.63) is 22.4 Å². The highest BCUT2D eigenvalue weighted by molar-refractivity contribution is 7.98. The van der Waals surface area contributed by atoms with E-state index in [9.17, 15) is 19.7 Å². The van der Waals surface area contributed by atoms with Crippen LogP contribution < -0.4 is 5.32 Å². The second-order valence-electron chi connectivity index (χ2n) is 3.87. The fraction of sp³-hybridized carbons (Fsp3) is 0.500. The Morgan fingerprint density at radius 1 is 1.65 bits per heavy atom. The van der Waals surface area contributed by atoms with Gasteiger partial charge in [0.2, 0.25) is 5.91 Å². The number of nitro groups is 1. The molecule has 1 amide bonds. The van der Waals surface area contributed by atoms with Crippen molar-refractivity contribution in [2.45, 2.75) is 19.0 Å². The summed E-state index contributed by atoms with van der Waals surface area (Å²) in [7, 11) is 0. The highest BCUT2D eigenvalue weighted by Gasteiger charge is 2.20. The average molecular weight is 302 g/mol. The van der Waals surface area contributed by atoms with Crippen LogP contribution >= 0.6 is 11.8 Å². The van der Waals surface area contributed by atoms with E-state index >= 15 is 0 Å². The number of aromatic nitrogens is 2. The van der Waals surface area contributed by atoms with Crippen molar-refractivity contribution in [2.75, 3.05) is 12.0 Å². The molecule has 9 nitrogen and oxygen atoms in total. The Morgan fingerprint density at radius 3 is 2.85 bits per heavy atom. The third-order valence-electron chi connectivity index (χ3n) is 2.36. The van der Waals surface area contributed by atoms with E-state index in [0.717, 1.165) is 10.7 Å². The second-order valence-corrected chi connectivity index (χ2v) is 4.85. The van der Waals surface area contributed by atoms with Crippen LogP contribution in [0.1, 0.15) is 6.42 Å². The van der Waals surface area contributed by atoms with E-state index in [-0.39, 0.29) is 12.4 Å². The Hall–Kier alpha value is -2.10. The Kier molecular flexibility index (Phi) is 5.97. The van der Waals surface area contributed by atoms with Gasteiger partial charge in [-0.1, -0.05) is 0 Å². The number of nitrogens with one attached hydrogen (secondary N) is 1. The summed E-state index contributed by atoms with van der Waals surface area (Å²) in [5.74, 6) is -1.44. The van der Waals surface area contributed by atoms with Gasteiger partial charge in [-0.05, 0) is 23.4 Å². The monoisotopic (exact) mass is 302 g/mol. The molecule has 10 heteroatoms. The van der Waals surface area contributed by atoms with Crippen LogP contribution in [0.15, 0.2) is 12.3 Å². The molecule has 0 saturated carbocycles. The van der Waals surface area contributed by atoms with Crippen LogP contribution in [0.3, 0.4) is 0 Å². The zero-order chi connectivity index (χ0) is 15.1. The number of carboxylic acid groups (broad SMARTS) is 1. The molecule has 0 unspecified atom stereocenters. The zero-order valence-corrected chi connectivity index (χ0v) is 11.5. The molecule has 0 spiro atoms. The molecule has 20 heavy (non-hydrogen) atoms. The van der Waals surface area contributed by atoms with E-state index < -0.39 is 22.8 Å². The molecule has 110 valence electrons. The summed E-state index contributed by atoms with van der Waals surface area (Å²) in [6.45, 7) is -0.267. The lowest BCUT2D eigenvalue weighted by Gasteiger charge is -2.13. The van der Waals surface area contributed by atoms with Gasteiger partial charge in [0.15, 0.2) is 0 Å². The standard InChI is InChI=1S/C10H14N4O5S/c1-20-5-3-7(10(16)17)11-9(15)6-13-4-2-8(12-13)14(18)19/h2,4,7H,3,5-6H2,1H3,(H,11,15)(H,16,17)/t7-/m0/s1. The summed E-state index contributed by atoms with van der Waals surface area (Å²) < 4.78 is 1.08. The third kappa shape index (κ3) is 4.88. The molecule has 0 fully saturated rings. The van der Waals surface area contributed by atoms with Crippen LogP contribution in [0.25, 0.3) is 0 Å². The molecule has 0 aliphatic carbocycles. The number of carboxylic acids is 1. The molecular formula is C10H14N4O5S. The first-order valence-electron chi connectivity index (χ1n) is 5.63. The van der Waals surface area contributed by atoms with E-state index in [1.54, 1.807) is 0 Å². The highest BCUT2D eigenvalue weighted by Crippen LogP contribution is 2.05. The molecular weight excluding hydrogens is 288 g/mol. The Morgan fingerprint density at radius 2 is 2.35 bits per heavy atom. The Bertz CT molecular complexity index is 504. The lowest BCUT2D eigenvalue weighted by atomic mass is 10.2. The minimum absolute atomic E-state index is 0.267. The predicted molar refractivity (Wildman–Crippen MR) is 71.4 cm³/mol. The van der Waals surface area contributed by atoms with E-state index in [1.165, 1.54) is 18.0 Å². The fourth-order valence-electron chi connectivity index (χ4n) is 1.42. The fourth-order valence-corrected chi connectivity index (χ4v) is 1.89. The quantitative estimate of drug-likeness (QED) is 0.515. The van der Waals surface area contributed by atoms with Gasteiger partial charge in [0, 0.05) is 0 Å². The van der Waals surface area contributed by atoms with Crippen LogP contribution in [-0.2, 0) is 16.1 Å². The van der Waals surface area contributed by atoms with Gasteiger partial charge in [0.1, 0.15) is 12.6 Å². The van der Waals surface area contributed by atoms with E-state index in [4.69, 9.17) is 5.11 Å². The van der Waals surface area contributed by atoms with Crippen molar-refractivity contribution in [2.24, 2.45) is 0 Å². The van der Waals surface area contributed by atoms with Gasteiger partial charge in [0.05, 0.1) is 17.4 Å². The number of thioether (sulfide) groups is 1. The number of amides is 1. The number of carbonyl (C=O) groups is 2. The van der Waals surface area contributed by atoms with Gasteiger partial charge in [0.25, 0.3) is 0 Å². The van der Waals surface area contributed by atoms with E-state index in [2.05, 4.69) is 10.4 Å². The van der Waals surface area contributed by atoms with Crippen LogP contribution in [0, 0.1) is 10.1 Å². The lowest BCUT2D eigenvalue weighted by Crippen LogP contribution is -2.42. The van der Waals surface area contributed by atoms with Crippen molar-refractivity contribution in [3.63, 3.8) is 0 Å². The normalized spacial score (nSPS) is 11.8. The molecule has 1 rings (SSSR count). The summed E-state index contributed by atoms with van der Waals surface area (Å²) in [5.41, 5.74) is 0. The van der Waals surface area contributed by atoms with Gasteiger partial charge in [-0.3, -0.25) is 4.79 Å². The van der Waals surface area contributed by atoms with Crippen molar-refractivity contribution in [1.82, 2.24) is 15.1 Å². The molecule has 1 heterocycles.